The smallest absolute Gasteiger partial charge is 0.222 e. The van der Waals surface area contributed by atoms with Crippen LogP contribution in [0.25, 0.3) is 11.1 Å². The van der Waals surface area contributed by atoms with Crippen LogP contribution in [0.4, 0.5) is 0 Å². The molecule has 4 atom stereocenters. The van der Waals surface area contributed by atoms with Crippen molar-refractivity contribution in [1.29, 1.82) is 0 Å². The number of rotatable bonds is 19. The second-order valence-corrected chi connectivity index (χ2v) is 14.7. The molecule has 2 aliphatic rings. The zero-order chi connectivity index (χ0) is 34.3. The van der Waals surface area contributed by atoms with Crippen LogP contribution in [0.15, 0.2) is 65.8 Å². The van der Waals surface area contributed by atoms with Gasteiger partial charge in [0.15, 0.2) is 0 Å². The summed E-state index contributed by atoms with van der Waals surface area (Å²) in [6.45, 7) is -0.960. The van der Waals surface area contributed by atoms with E-state index in [9.17, 15) is 25.2 Å². The molecule has 1 amide bonds. The van der Waals surface area contributed by atoms with Crippen LogP contribution in [-0.4, -0.2) is 97.8 Å². The van der Waals surface area contributed by atoms with Gasteiger partial charge in [-0.25, -0.2) is 0 Å². The summed E-state index contributed by atoms with van der Waals surface area (Å²) in [4.78, 5) is 19.5. The van der Waals surface area contributed by atoms with Crippen LogP contribution in [0.5, 0.6) is 5.75 Å². The van der Waals surface area contributed by atoms with Gasteiger partial charge in [-0.05, 0) is 110 Å². The number of halogens is 1. The Balaban J connectivity index is 1.10. The van der Waals surface area contributed by atoms with Crippen LogP contribution in [0.3, 0.4) is 0 Å². The second-order valence-electron chi connectivity index (χ2n) is 13.1. The summed E-state index contributed by atoms with van der Waals surface area (Å²) in [5, 5.41) is 49.1. The molecule has 3 aromatic rings. The predicted octanol–water partition coefficient (Wildman–Crippen LogP) is 4.76. The van der Waals surface area contributed by atoms with Crippen LogP contribution < -0.4 is 4.74 Å². The number of aliphatic hydroxyl groups is 5. The molecule has 1 aromatic heterocycles. The minimum Gasteiger partial charge on any atom is -0.490 e. The van der Waals surface area contributed by atoms with Gasteiger partial charge in [0, 0.05) is 47.9 Å². The number of unbranched alkanes of at least 4 members (excludes halogenated alkanes) is 1. The van der Waals surface area contributed by atoms with E-state index in [1.54, 1.807) is 11.8 Å². The van der Waals surface area contributed by atoms with Crippen molar-refractivity contribution >= 4 is 29.3 Å². The van der Waals surface area contributed by atoms with E-state index in [0.717, 1.165) is 77.5 Å². The number of ether oxygens (including phenoxy) is 1. The van der Waals surface area contributed by atoms with Crippen LogP contribution in [0.1, 0.15) is 62.5 Å². The maximum Gasteiger partial charge on any atom is 0.222 e. The fourth-order valence-corrected chi connectivity index (χ4v) is 7.22. The number of amides is 1. The van der Waals surface area contributed by atoms with E-state index in [2.05, 4.69) is 35.3 Å². The third kappa shape index (κ3) is 9.50. The zero-order valence-corrected chi connectivity index (χ0v) is 29.0. The van der Waals surface area contributed by atoms with Crippen LogP contribution in [0, 0.1) is 0 Å². The minimum absolute atomic E-state index is 0.0665. The van der Waals surface area contributed by atoms with E-state index < -0.39 is 31.0 Å². The minimum atomic E-state index is -1.72. The topological polar surface area (TPSA) is 144 Å². The van der Waals surface area contributed by atoms with Gasteiger partial charge < -0.3 is 35.2 Å². The fraction of sp³-hybridized carbons (Fsp3) is 0.514. The van der Waals surface area contributed by atoms with Gasteiger partial charge >= 0.3 is 0 Å². The largest absolute Gasteiger partial charge is 0.490 e. The molecule has 9 nitrogen and oxygen atoms in total. The van der Waals surface area contributed by atoms with Gasteiger partial charge in [-0.2, -0.15) is 0 Å². The Kier molecular flexibility index (Phi) is 12.8. The van der Waals surface area contributed by atoms with E-state index in [0.29, 0.717) is 12.5 Å². The number of nitrogens with zero attached hydrogens (tertiary/aromatic N) is 2. The number of carbonyl (C=O) groups excluding carboxylic acids is 1. The third-order valence-electron chi connectivity index (χ3n) is 9.40. The SMILES string of the molecule is CN(C[C@H](O)[C@@H](O)[C@H](O)[C@H](O)CO)C(=O)CCCCSc1ccc(Cl)c(CCC2(c3cnccc3-c3ccccc3OC3CC3)CC2)c1. The van der Waals surface area contributed by atoms with Crippen molar-refractivity contribution in [3.8, 4) is 16.9 Å². The molecule has 1 heterocycles. The lowest BCUT2D eigenvalue weighted by molar-refractivity contribution is -0.138. The highest BCUT2D eigenvalue weighted by atomic mass is 35.5. The molecule has 11 heteroatoms. The van der Waals surface area contributed by atoms with E-state index in [-0.39, 0.29) is 24.3 Å². The van der Waals surface area contributed by atoms with Crippen LogP contribution in [-0.2, 0) is 16.6 Å². The molecular weight excluding hydrogens is 652 g/mol. The first-order valence-corrected chi connectivity index (χ1v) is 18.2. The maximum atomic E-state index is 12.5. The van der Waals surface area contributed by atoms with Crippen molar-refractivity contribution in [2.45, 2.75) is 98.6 Å². The summed E-state index contributed by atoms with van der Waals surface area (Å²) >= 11 is 8.42. The standard InChI is InChI=1S/C37H47ClN2O7S/c1-40(22-31(42)35(45)36(46)32(43)23-41)34(44)8-4-5-19-48-26-11-12-30(38)24(20-26)13-15-37(16-17-37)29-21-39-18-14-27(29)28-6-2-3-7-33(28)47-25-9-10-25/h2-3,6-7,11-12,14,18,20-21,25,31-32,35-36,41-43,45-46H,4-5,8-10,13,15-17,19,22-23H2,1H3/t31-,32+,35+,36+/m0/s1. The van der Waals surface area contributed by atoms with Crippen LogP contribution in [0.2, 0.25) is 5.02 Å². The molecule has 5 rings (SSSR count). The highest BCUT2D eigenvalue weighted by Gasteiger charge is 2.45. The number of pyridine rings is 1. The van der Waals surface area contributed by atoms with Crippen LogP contribution >= 0.6 is 23.4 Å². The molecule has 2 aromatic carbocycles. The highest BCUT2D eigenvalue weighted by Crippen LogP contribution is 2.55. The number of aromatic nitrogens is 1. The molecule has 0 spiro atoms. The third-order valence-corrected chi connectivity index (χ3v) is 10.8. The van der Waals surface area contributed by atoms with Gasteiger partial charge in [0.25, 0.3) is 0 Å². The number of benzene rings is 2. The van der Waals surface area contributed by atoms with Crippen molar-refractivity contribution in [2.75, 3.05) is 26.0 Å². The van der Waals surface area contributed by atoms with Gasteiger partial charge in [-0.15, -0.1) is 11.8 Å². The number of carbonyl (C=O) groups is 1. The average molecular weight is 699 g/mol. The lowest BCUT2D eigenvalue weighted by Crippen LogP contribution is -2.49. The molecule has 2 aliphatic carbocycles. The van der Waals surface area contributed by atoms with Gasteiger partial charge in [-0.3, -0.25) is 9.78 Å². The van der Waals surface area contributed by atoms with Crippen molar-refractivity contribution < 1.29 is 35.1 Å². The summed E-state index contributed by atoms with van der Waals surface area (Å²) in [6, 6.07) is 16.6. The van der Waals surface area contributed by atoms with Crippen molar-refractivity contribution in [1.82, 2.24) is 9.88 Å². The van der Waals surface area contributed by atoms with Gasteiger partial charge in [0.05, 0.1) is 12.7 Å². The second kappa shape index (κ2) is 16.8. The number of hydrogen-bond acceptors (Lipinski definition) is 9. The van der Waals surface area contributed by atoms with E-state index in [1.807, 2.05) is 30.6 Å². The highest BCUT2D eigenvalue weighted by molar-refractivity contribution is 7.99. The number of para-hydroxylation sites is 1. The maximum absolute atomic E-state index is 12.5. The van der Waals surface area contributed by atoms with Crippen molar-refractivity contribution in [2.24, 2.45) is 0 Å². The summed E-state index contributed by atoms with van der Waals surface area (Å²) in [6.07, 6.45) is 5.82. The summed E-state index contributed by atoms with van der Waals surface area (Å²) in [7, 11) is 1.51. The van der Waals surface area contributed by atoms with Gasteiger partial charge in [0.1, 0.15) is 30.2 Å². The molecule has 0 saturated heterocycles. The lowest BCUT2D eigenvalue weighted by Gasteiger charge is -2.28. The van der Waals surface area contributed by atoms with E-state index >= 15 is 0 Å². The molecule has 260 valence electrons. The first kappa shape index (κ1) is 36.6. The van der Waals surface area contributed by atoms with E-state index in [4.69, 9.17) is 21.4 Å². The lowest BCUT2D eigenvalue weighted by atomic mass is 9.85. The quantitative estimate of drug-likeness (QED) is 0.0884. The molecule has 2 fully saturated rings. The molecule has 5 N–H and O–H groups in total. The van der Waals surface area contributed by atoms with E-state index in [1.165, 1.54) is 23.1 Å². The number of aryl methyl sites for hydroxylation is 1. The Morgan fingerprint density at radius 2 is 1.79 bits per heavy atom. The van der Waals surface area contributed by atoms with Crippen molar-refractivity contribution in [3.05, 3.63) is 77.1 Å². The predicted molar refractivity (Wildman–Crippen MR) is 187 cm³/mol. The average Bonchev–Trinajstić information content (AvgIpc) is 4.05. The molecular formula is C37H47ClN2O7S. The first-order chi connectivity index (χ1) is 23.1. The molecule has 0 radical (unpaired) electrons. The zero-order valence-electron chi connectivity index (χ0n) is 27.4. The first-order valence-electron chi connectivity index (χ1n) is 16.8. The van der Waals surface area contributed by atoms with Gasteiger partial charge in [-0.1, -0.05) is 29.8 Å². The number of thioether (sulfide) groups is 1. The fourth-order valence-electron chi connectivity index (χ4n) is 6.03. The van der Waals surface area contributed by atoms with Crippen molar-refractivity contribution in [3.63, 3.8) is 0 Å². The Morgan fingerprint density at radius 3 is 2.52 bits per heavy atom. The molecule has 0 aliphatic heterocycles. The molecule has 2 saturated carbocycles. The molecule has 48 heavy (non-hydrogen) atoms. The molecule has 0 bridgehead atoms. The number of aliphatic hydroxyl groups excluding tert-OH is 5. The normalized spacial score (nSPS) is 17.7. The Hall–Kier alpha value is -2.70. The van der Waals surface area contributed by atoms with Gasteiger partial charge in [0.2, 0.25) is 5.91 Å². The summed E-state index contributed by atoms with van der Waals surface area (Å²) in [5.74, 6) is 1.58. The Morgan fingerprint density at radius 1 is 1.04 bits per heavy atom. The molecule has 0 unspecified atom stereocenters. The monoisotopic (exact) mass is 698 g/mol. The number of likely N-dealkylation sites (N-methyl/N-ethyl adjacent to an activating group) is 1. The Bertz CT molecular complexity index is 1520. The number of hydrogen-bond donors (Lipinski definition) is 5. The summed E-state index contributed by atoms with van der Waals surface area (Å²) < 4.78 is 6.27. The summed E-state index contributed by atoms with van der Waals surface area (Å²) in [5.41, 5.74) is 4.80. The Labute approximate surface area is 291 Å².